The van der Waals surface area contributed by atoms with Crippen molar-refractivity contribution in [3.8, 4) is 5.75 Å². The summed E-state index contributed by atoms with van der Waals surface area (Å²) >= 11 is 5.90. The Labute approximate surface area is 113 Å². The van der Waals surface area contributed by atoms with Crippen LogP contribution < -0.4 is 16.0 Å². The zero-order valence-corrected chi connectivity index (χ0v) is 11.6. The summed E-state index contributed by atoms with van der Waals surface area (Å²) in [5.41, 5.74) is 2.71. The standard InChI is InChI=1S/C13H21ClN2O2/c1-3-7-17-9-13(16-15)10(2)18-12-6-4-5-11(14)8-12/h4-6,8,10,13,16H,3,7,9,15H2,1-2H3. The van der Waals surface area contributed by atoms with Gasteiger partial charge in [0.2, 0.25) is 0 Å². The molecule has 0 aromatic heterocycles. The maximum absolute atomic E-state index is 5.90. The van der Waals surface area contributed by atoms with Gasteiger partial charge in [0.05, 0.1) is 12.6 Å². The van der Waals surface area contributed by atoms with Crippen molar-refractivity contribution < 1.29 is 9.47 Å². The van der Waals surface area contributed by atoms with Crippen molar-refractivity contribution in [2.75, 3.05) is 13.2 Å². The second kappa shape index (κ2) is 8.32. The summed E-state index contributed by atoms with van der Waals surface area (Å²) in [5.74, 6) is 6.23. The molecule has 0 radical (unpaired) electrons. The summed E-state index contributed by atoms with van der Waals surface area (Å²) in [6.07, 6.45) is 0.881. The molecule has 1 aromatic rings. The molecule has 0 aliphatic carbocycles. The predicted octanol–water partition coefficient (Wildman–Crippen LogP) is 2.37. The lowest BCUT2D eigenvalue weighted by atomic mass is 10.2. The molecular weight excluding hydrogens is 252 g/mol. The molecule has 2 unspecified atom stereocenters. The fourth-order valence-corrected chi connectivity index (χ4v) is 1.69. The third-order valence-electron chi connectivity index (χ3n) is 2.54. The summed E-state index contributed by atoms with van der Waals surface area (Å²) in [6, 6.07) is 7.24. The van der Waals surface area contributed by atoms with Crippen molar-refractivity contribution in [3.63, 3.8) is 0 Å². The molecule has 0 bridgehead atoms. The molecule has 5 heteroatoms. The highest BCUT2D eigenvalue weighted by atomic mass is 35.5. The zero-order chi connectivity index (χ0) is 13.4. The van der Waals surface area contributed by atoms with E-state index in [1.165, 1.54) is 0 Å². The van der Waals surface area contributed by atoms with Crippen LogP contribution in [0.25, 0.3) is 0 Å². The summed E-state index contributed by atoms with van der Waals surface area (Å²) in [6.45, 7) is 5.26. The Morgan fingerprint density at radius 2 is 2.22 bits per heavy atom. The van der Waals surface area contributed by atoms with Gasteiger partial charge in [-0.1, -0.05) is 24.6 Å². The Bertz CT molecular complexity index is 350. The Kier molecular flexibility index (Phi) is 7.05. The minimum Gasteiger partial charge on any atom is -0.489 e. The SMILES string of the molecule is CCCOCC(NN)C(C)Oc1cccc(Cl)c1. The minimum absolute atomic E-state index is 0.0597. The largest absolute Gasteiger partial charge is 0.489 e. The number of nitrogens with one attached hydrogen (secondary N) is 1. The molecule has 0 aliphatic rings. The van der Waals surface area contributed by atoms with Crippen LogP contribution in [0.3, 0.4) is 0 Å². The van der Waals surface area contributed by atoms with Crippen LogP contribution in [0.15, 0.2) is 24.3 Å². The highest BCUT2D eigenvalue weighted by Crippen LogP contribution is 2.19. The first-order chi connectivity index (χ1) is 8.67. The zero-order valence-electron chi connectivity index (χ0n) is 10.9. The molecule has 18 heavy (non-hydrogen) atoms. The molecule has 0 saturated heterocycles. The first-order valence-corrected chi connectivity index (χ1v) is 6.51. The quantitative estimate of drug-likeness (QED) is 0.433. The van der Waals surface area contributed by atoms with Crippen molar-refractivity contribution in [1.29, 1.82) is 0 Å². The number of rotatable bonds is 8. The first-order valence-electron chi connectivity index (χ1n) is 6.13. The summed E-state index contributed by atoms with van der Waals surface area (Å²) in [5, 5.41) is 0.652. The van der Waals surface area contributed by atoms with Crippen molar-refractivity contribution >= 4 is 11.6 Å². The number of hydrogen-bond acceptors (Lipinski definition) is 4. The molecule has 0 fully saturated rings. The Hall–Kier alpha value is -0.810. The lowest BCUT2D eigenvalue weighted by Gasteiger charge is -2.24. The van der Waals surface area contributed by atoms with Crippen LogP contribution in [0.2, 0.25) is 5.02 Å². The molecule has 0 saturated carbocycles. The van der Waals surface area contributed by atoms with Crippen LogP contribution in [-0.2, 0) is 4.74 Å². The number of benzene rings is 1. The van der Waals surface area contributed by atoms with Gasteiger partial charge in [-0.3, -0.25) is 11.3 Å². The lowest BCUT2D eigenvalue weighted by Crippen LogP contribution is -2.48. The smallest absolute Gasteiger partial charge is 0.121 e. The van der Waals surface area contributed by atoms with Crippen LogP contribution in [0.5, 0.6) is 5.75 Å². The van der Waals surface area contributed by atoms with Crippen molar-refractivity contribution in [2.24, 2.45) is 5.84 Å². The number of ether oxygens (including phenoxy) is 2. The van der Waals surface area contributed by atoms with Gasteiger partial charge >= 0.3 is 0 Å². The lowest BCUT2D eigenvalue weighted by molar-refractivity contribution is 0.0663. The van der Waals surface area contributed by atoms with E-state index >= 15 is 0 Å². The maximum atomic E-state index is 5.90. The fraction of sp³-hybridized carbons (Fsp3) is 0.538. The topological polar surface area (TPSA) is 56.5 Å². The van der Waals surface area contributed by atoms with Gasteiger partial charge in [-0.05, 0) is 31.5 Å². The molecule has 102 valence electrons. The highest BCUT2D eigenvalue weighted by molar-refractivity contribution is 6.30. The van der Waals surface area contributed by atoms with Crippen LogP contribution in [-0.4, -0.2) is 25.4 Å². The van der Waals surface area contributed by atoms with Crippen molar-refractivity contribution in [1.82, 2.24) is 5.43 Å². The third-order valence-corrected chi connectivity index (χ3v) is 2.78. The predicted molar refractivity (Wildman–Crippen MR) is 73.8 cm³/mol. The van der Waals surface area contributed by atoms with Gasteiger partial charge in [0.1, 0.15) is 11.9 Å². The molecule has 2 atom stereocenters. The van der Waals surface area contributed by atoms with Gasteiger partial charge in [-0.15, -0.1) is 0 Å². The Morgan fingerprint density at radius 1 is 1.44 bits per heavy atom. The van der Waals surface area contributed by atoms with Crippen molar-refractivity contribution in [3.05, 3.63) is 29.3 Å². The Balaban J connectivity index is 2.48. The number of hydrogen-bond donors (Lipinski definition) is 2. The number of hydrazine groups is 1. The first kappa shape index (κ1) is 15.2. The van der Waals surface area contributed by atoms with Gasteiger partial charge in [-0.2, -0.15) is 0 Å². The molecule has 3 N–H and O–H groups in total. The van der Waals surface area contributed by atoms with Crippen molar-refractivity contribution in [2.45, 2.75) is 32.4 Å². The van der Waals surface area contributed by atoms with E-state index in [0.29, 0.717) is 11.6 Å². The van der Waals surface area contributed by atoms with E-state index < -0.39 is 0 Å². The second-order valence-electron chi connectivity index (χ2n) is 4.13. The molecule has 0 amide bonds. The third kappa shape index (κ3) is 5.23. The maximum Gasteiger partial charge on any atom is 0.121 e. The molecular formula is C13H21ClN2O2. The van der Waals surface area contributed by atoms with Crippen LogP contribution in [0.1, 0.15) is 20.3 Å². The normalized spacial score (nSPS) is 14.2. The van der Waals surface area contributed by atoms with E-state index in [1.807, 2.05) is 25.1 Å². The average Bonchev–Trinajstić information content (AvgIpc) is 2.34. The van der Waals surface area contributed by atoms with Gasteiger partial charge < -0.3 is 9.47 Å². The van der Waals surface area contributed by atoms with E-state index in [4.69, 9.17) is 26.9 Å². The number of halogens is 1. The van der Waals surface area contributed by atoms with E-state index in [9.17, 15) is 0 Å². The summed E-state index contributed by atoms with van der Waals surface area (Å²) < 4.78 is 11.2. The highest BCUT2D eigenvalue weighted by Gasteiger charge is 2.17. The van der Waals surface area contributed by atoms with E-state index in [-0.39, 0.29) is 12.1 Å². The van der Waals surface area contributed by atoms with E-state index in [2.05, 4.69) is 12.3 Å². The molecule has 0 aliphatic heterocycles. The van der Waals surface area contributed by atoms with E-state index in [0.717, 1.165) is 18.8 Å². The van der Waals surface area contributed by atoms with Gasteiger partial charge in [0.25, 0.3) is 0 Å². The van der Waals surface area contributed by atoms with Crippen LogP contribution in [0.4, 0.5) is 0 Å². The molecule has 0 spiro atoms. The summed E-state index contributed by atoms with van der Waals surface area (Å²) in [4.78, 5) is 0. The van der Waals surface area contributed by atoms with Gasteiger partial charge in [0, 0.05) is 11.6 Å². The Morgan fingerprint density at radius 3 is 2.83 bits per heavy atom. The van der Waals surface area contributed by atoms with Crippen LogP contribution >= 0.6 is 11.6 Å². The molecule has 0 heterocycles. The van der Waals surface area contributed by atoms with Crippen LogP contribution in [0, 0.1) is 0 Å². The molecule has 1 rings (SSSR count). The minimum atomic E-state index is -0.106. The summed E-state index contributed by atoms with van der Waals surface area (Å²) in [7, 11) is 0. The van der Waals surface area contributed by atoms with E-state index in [1.54, 1.807) is 6.07 Å². The molecule has 1 aromatic carbocycles. The van der Waals surface area contributed by atoms with Gasteiger partial charge in [0.15, 0.2) is 0 Å². The average molecular weight is 273 g/mol. The fourth-order valence-electron chi connectivity index (χ4n) is 1.51. The number of nitrogens with two attached hydrogens (primary N) is 1. The second-order valence-corrected chi connectivity index (χ2v) is 4.56. The van der Waals surface area contributed by atoms with Gasteiger partial charge in [-0.25, -0.2) is 0 Å². The monoisotopic (exact) mass is 272 g/mol. The molecule has 4 nitrogen and oxygen atoms in total.